The van der Waals surface area contributed by atoms with E-state index >= 15 is 0 Å². The fourth-order valence-electron chi connectivity index (χ4n) is 4.13. The van der Waals surface area contributed by atoms with E-state index in [2.05, 4.69) is 5.32 Å². The normalized spacial score (nSPS) is 21.4. The van der Waals surface area contributed by atoms with E-state index in [1.165, 1.54) is 38.5 Å². The molecule has 0 fully saturated rings. The molecule has 174 valence electrons. The lowest BCUT2D eigenvalue weighted by Gasteiger charge is -2.35. The van der Waals surface area contributed by atoms with Gasteiger partial charge in [0.15, 0.2) is 5.75 Å². The van der Waals surface area contributed by atoms with Gasteiger partial charge in [-0.15, -0.1) is 5.23 Å². The summed E-state index contributed by atoms with van der Waals surface area (Å²) in [5.74, 6) is -1.87. The number of Topliss-reactive ketones (excluding diaryl/α,β-unsaturated/α-hetero) is 1. The van der Waals surface area contributed by atoms with E-state index in [9.17, 15) is 14.7 Å². The van der Waals surface area contributed by atoms with Gasteiger partial charge in [-0.05, 0) is 24.6 Å². The third kappa shape index (κ3) is 3.43. The van der Waals surface area contributed by atoms with Gasteiger partial charge in [-0.3, -0.25) is 20.0 Å². The molecule has 1 spiro atoms. The highest BCUT2D eigenvalue weighted by Gasteiger charge is 2.60. The van der Waals surface area contributed by atoms with E-state index in [1.807, 2.05) is 0 Å². The summed E-state index contributed by atoms with van der Waals surface area (Å²) in [6.07, 6.45) is 1.43. The predicted octanol–water partition coefficient (Wildman–Crippen LogP) is 2.93. The van der Waals surface area contributed by atoms with Crippen LogP contribution in [0.1, 0.15) is 23.7 Å². The summed E-state index contributed by atoms with van der Waals surface area (Å²) in [5.41, 5.74) is -1.34. The molecule has 10 nitrogen and oxygen atoms in total. The number of carbonyl (C=O) groups is 2. The van der Waals surface area contributed by atoms with Crippen molar-refractivity contribution >= 4 is 34.5 Å². The van der Waals surface area contributed by atoms with Crippen LogP contribution in [0.4, 0.5) is 11.4 Å². The zero-order valence-corrected chi connectivity index (χ0v) is 18.6. The first-order valence-electron chi connectivity index (χ1n) is 9.83. The van der Waals surface area contributed by atoms with Crippen LogP contribution in [0.5, 0.6) is 23.0 Å². The summed E-state index contributed by atoms with van der Waals surface area (Å²) in [4.78, 5) is 26.7. The van der Waals surface area contributed by atoms with Gasteiger partial charge in [0.2, 0.25) is 17.2 Å². The molecule has 0 saturated carbocycles. The fraction of sp³-hybridized carbons (Fsp3) is 0.273. The van der Waals surface area contributed by atoms with Crippen LogP contribution in [0.25, 0.3) is 0 Å². The molecule has 2 aliphatic rings. The van der Waals surface area contributed by atoms with Crippen LogP contribution < -0.4 is 29.9 Å². The first kappa shape index (κ1) is 22.7. The average Bonchev–Trinajstić information content (AvgIpc) is 3.09. The summed E-state index contributed by atoms with van der Waals surface area (Å²) in [7, 11) is 2.79. The number of hydrogen-bond acceptors (Lipinski definition) is 10. The Balaban J connectivity index is 1.69. The van der Waals surface area contributed by atoms with Gasteiger partial charge in [-0.1, -0.05) is 24.3 Å². The Morgan fingerprint density at radius 1 is 1.21 bits per heavy atom. The number of anilines is 2. The van der Waals surface area contributed by atoms with Gasteiger partial charge < -0.3 is 24.6 Å². The van der Waals surface area contributed by atoms with Crippen LogP contribution in [0.3, 0.4) is 0 Å². The molecule has 2 aromatic rings. The number of nitrogens with one attached hydrogen (secondary N) is 1. The Morgan fingerprint density at radius 3 is 2.48 bits per heavy atom. The molecule has 2 unspecified atom stereocenters. The smallest absolute Gasteiger partial charge is 0.236 e. The van der Waals surface area contributed by atoms with E-state index in [0.717, 1.165) is 6.07 Å². The lowest BCUT2D eigenvalue weighted by atomic mass is 9.74. The SMILES string of the molecule is COc1cc(OC)c2c(c1Cl)OC1(C(=O)C=C(Nc3ccc(N(O)O)cc3[O-])CC1C)C2=O. The molecule has 1 aliphatic carbocycles. The first-order chi connectivity index (χ1) is 15.6. The molecule has 1 aliphatic heterocycles. The molecule has 0 bridgehead atoms. The van der Waals surface area contributed by atoms with E-state index in [-0.39, 0.29) is 50.9 Å². The molecule has 0 aromatic heterocycles. The van der Waals surface area contributed by atoms with Gasteiger partial charge in [0.05, 0.1) is 19.9 Å². The number of methoxy groups -OCH3 is 2. The van der Waals surface area contributed by atoms with Gasteiger partial charge >= 0.3 is 0 Å². The lowest BCUT2D eigenvalue weighted by molar-refractivity contribution is -0.267. The molecule has 1 heterocycles. The Hall–Kier alpha value is -3.47. The van der Waals surface area contributed by atoms with Crippen LogP contribution in [0.15, 0.2) is 36.0 Å². The third-order valence-corrected chi connectivity index (χ3v) is 6.16. The Kier molecular flexibility index (Phi) is 5.61. The highest BCUT2D eigenvalue weighted by atomic mass is 35.5. The van der Waals surface area contributed by atoms with Crippen molar-refractivity contribution in [3.8, 4) is 23.0 Å². The summed E-state index contributed by atoms with van der Waals surface area (Å²) in [5, 5.41) is 33.1. The second-order valence-corrected chi connectivity index (χ2v) is 8.08. The van der Waals surface area contributed by atoms with Crippen molar-refractivity contribution in [1.82, 2.24) is 0 Å². The van der Waals surface area contributed by atoms with E-state index in [4.69, 9.17) is 36.2 Å². The number of ether oxygens (including phenoxy) is 3. The summed E-state index contributed by atoms with van der Waals surface area (Å²) in [6, 6.07) is 5.13. The van der Waals surface area contributed by atoms with Crippen LogP contribution in [-0.2, 0) is 4.79 Å². The first-order valence-corrected chi connectivity index (χ1v) is 10.2. The van der Waals surface area contributed by atoms with E-state index in [0.29, 0.717) is 5.70 Å². The van der Waals surface area contributed by atoms with Crippen molar-refractivity contribution in [2.24, 2.45) is 5.92 Å². The van der Waals surface area contributed by atoms with Gasteiger partial charge in [-0.2, -0.15) is 0 Å². The second kappa shape index (κ2) is 8.14. The number of rotatable bonds is 5. The number of hydrogen-bond donors (Lipinski definition) is 3. The summed E-state index contributed by atoms with van der Waals surface area (Å²) >= 11 is 6.36. The van der Waals surface area contributed by atoms with Crippen molar-refractivity contribution in [3.05, 3.63) is 46.6 Å². The van der Waals surface area contributed by atoms with Gasteiger partial charge in [0, 0.05) is 29.4 Å². The number of carbonyl (C=O) groups excluding carboxylic acids is 2. The number of allylic oxidation sites excluding steroid dienone is 1. The monoisotopic (exact) mass is 475 g/mol. The number of halogens is 1. The van der Waals surface area contributed by atoms with Crippen molar-refractivity contribution in [2.75, 3.05) is 24.8 Å². The summed E-state index contributed by atoms with van der Waals surface area (Å²) in [6.45, 7) is 1.69. The summed E-state index contributed by atoms with van der Waals surface area (Å²) < 4.78 is 16.5. The standard InChI is InChI=1S/C22H21ClN2O8/c1-10-6-11(24-13-5-4-12(25(29)30)8-14(13)26)7-17(27)22(10)21(28)18-15(31-2)9-16(32-3)19(23)20(18)33-22/h4-5,7-10,24,26,29-30H,6H2,1-3H3/p-1. The van der Waals surface area contributed by atoms with Crippen LogP contribution in [0.2, 0.25) is 5.02 Å². The Morgan fingerprint density at radius 2 is 1.91 bits per heavy atom. The maximum absolute atomic E-state index is 13.5. The largest absolute Gasteiger partial charge is 0.871 e. The zero-order chi connectivity index (χ0) is 24.1. The van der Waals surface area contributed by atoms with Crippen molar-refractivity contribution < 1.29 is 39.3 Å². The molecular formula is C22H20ClN2O8-. The highest BCUT2D eigenvalue weighted by Crippen LogP contribution is 2.53. The minimum Gasteiger partial charge on any atom is -0.871 e. The van der Waals surface area contributed by atoms with Gasteiger partial charge in [0.1, 0.15) is 22.1 Å². The Labute approximate surface area is 193 Å². The quantitative estimate of drug-likeness (QED) is 0.436. The van der Waals surface area contributed by atoms with Crippen LogP contribution >= 0.6 is 11.6 Å². The highest BCUT2D eigenvalue weighted by molar-refractivity contribution is 6.36. The molecule has 0 amide bonds. The average molecular weight is 476 g/mol. The van der Waals surface area contributed by atoms with Crippen LogP contribution in [0, 0.1) is 5.92 Å². The van der Waals surface area contributed by atoms with Crippen molar-refractivity contribution in [1.29, 1.82) is 0 Å². The molecule has 2 atom stereocenters. The maximum atomic E-state index is 13.5. The van der Waals surface area contributed by atoms with E-state index < -0.39 is 28.8 Å². The van der Waals surface area contributed by atoms with Crippen LogP contribution in [-0.4, -0.2) is 41.8 Å². The molecular weight excluding hydrogens is 456 g/mol. The number of ketones is 2. The minimum atomic E-state index is -1.82. The third-order valence-electron chi connectivity index (χ3n) is 5.80. The topological polar surface area (TPSA) is 141 Å². The van der Waals surface area contributed by atoms with Gasteiger partial charge in [-0.25, -0.2) is 0 Å². The van der Waals surface area contributed by atoms with Crippen molar-refractivity contribution in [2.45, 2.75) is 18.9 Å². The molecule has 3 N–H and O–H groups in total. The van der Waals surface area contributed by atoms with Gasteiger partial charge in [0.25, 0.3) is 0 Å². The molecule has 11 heteroatoms. The second-order valence-electron chi connectivity index (χ2n) is 7.70. The van der Waals surface area contributed by atoms with Crippen molar-refractivity contribution in [3.63, 3.8) is 0 Å². The minimum absolute atomic E-state index is 0.0258. The number of fused-ring (bicyclic) bond motifs is 1. The van der Waals surface area contributed by atoms with E-state index in [1.54, 1.807) is 6.92 Å². The number of benzene rings is 2. The molecule has 0 saturated heterocycles. The predicted molar refractivity (Wildman–Crippen MR) is 115 cm³/mol. The molecule has 0 radical (unpaired) electrons. The molecule has 2 aromatic carbocycles. The lowest BCUT2D eigenvalue weighted by Crippen LogP contribution is -2.55. The maximum Gasteiger partial charge on any atom is 0.236 e. The zero-order valence-electron chi connectivity index (χ0n) is 17.8. The fourth-order valence-corrected chi connectivity index (χ4v) is 4.39. The Bertz CT molecular complexity index is 1200. The number of nitrogens with zero attached hydrogens (tertiary/aromatic N) is 1. The molecule has 4 rings (SSSR count). The molecule has 33 heavy (non-hydrogen) atoms.